The molecule has 7 nitrogen and oxygen atoms in total. The van der Waals surface area contributed by atoms with Crippen LogP contribution in [-0.4, -0.2) is 58.2 Å². The number of aliphatic imine (C=N–C) groups is 1. The SMILES string of the molecule is CN=C(NCC(=O)Nc1ccc(F)c(F)c1F)N(C)CCc1ccc(OC)c(OC)c1. The van der Waals surface area contributed by atoms with Crippen molar-refractivity contribution in [1.82, 2.24) is 10.2 Å². The van der Waals surface area contributed by atoms with E-state index in [2.05, 4.69) is 15.6 Å². The van der Waals surface area contributed by atoms with E-state index in [0.717, 1.165) is 17.7 Å². The third-order valence-electron chi connectivity index (χ3n) is 4.47. The van der Waals surface area contributed by atoms with Gasteiger partial charge in [-0.25, -0.2) is 13.2 Å². The molecule has 31 heavy (non-hydrogen) atoms. The molecule has 0 aliphatic heterocycles. The fraction of sp³-hybridized carbons (Fsp3) is 0.333. The van der Waals surface area contributed by atoms with Crippen LogP contribution >= 0.6 is 0 Å². The predicted octanol–water partition coefficient (Wildman–Crippen LogP) is 2.81. The average molecular weight is 438 g/mol. The number of halogens is 3. The Balaban J connectivity index is 1.90. The minimum atomic E-state index is -1.64. The maximum Gasteiger partial charge on any atom is 0.243 e. The first-order chi connectivity index (χ1) is 14.8. The van der Waals surface area contributed by atoms with Crippen LogP contribution in [0.4, 0.5) is 18.9 Å². The summed E-state index contributed by atoms with van der Waals surface area (Å²) in [5.41, 5.74) is 0.578. The van der Waals surface area contributed by atoms with Gasteiger partial charge in [-0.2, -0.15) is 0 Å². The smallest absolute Gasteiger partial charge is 0.243 e. The van der Waals surface area contributed by atoms with E-state index in [1.54, 1.807) is 28.3 Å². The van der Waals surface area contributed by atoms with E-state index in [-0.39, 0.29) is 6.54 Å². The molecule has 2 rings (SSSR count). The van der Waals surface area contributed by atoms with Crippen molar-refractivity contribution in [3.63, 3.8) is 0 Å². The number of carbonyl (C=O) groups excluding carboxylic acids is 1. The number of nitrogens with zero attached hydrogens (tertiary/aromatic N) is 2. The number of ether oxygens (including phenoxy) is 2. The van der Waals surface area contributed by atoms with Gasteiger partial charge in [0.2, 0.25) is 5.91 Å². The van der Waals surface area contributed by atoms with Crippen LogP contribution in [0.5, 0.6) is 11.5 Å². The van der Waals surface area contributed by atoms with E-state index in [0.29, 0.717) is 30.4 Å². The summed E-state index contributed by atoms with van der Waals surface area (Å²) in [6.45, 7) is 0.334. The first-order valence-corrected chi connectivity index (χ1v) is 9.36. The highest BCUT2D eigenvalue weighted by molar-refractivity contribution is 5.95. The number of carbonyl (C=O) groups is 1. The monoisotopic (exact) mass is 438 g/mol. The van der Waals surface area contributed by atoms with Gasteiger partial charge >= 0.3 is 0 Å². The molecular formula is C21H25F3N4O3. The highest BCUT2D eigenvalue weighted by Crippen LogP contribution is 2.27. The molecule has 168 valence electrons. The Morgan fingerprint density at radius 2 is 1.77 bits per heavy atom. The molecule has 0 bridgehead atoms. The van der Waals surface area contributed by atoms with E-state index in [4.69, 9.17) is 9.47 Å². The van der Waals surface area contributed by atoms with Crippen LogP contribution in [0.3, 0.4) is 0 Å². The molecule has 10 heteroatoms. The summed E-state index contributed by atoms with van der Waals surface area (Å²) < 4.78 is 50.5. The van der Waals surface area contributed by atoms with Crippen molar-refractivity contribution in [2.75, 3.05) is 46.7 Å². The largest absolute Gasteiger partial charge is 0.493 e. The van der Waals surface area contributed by atoms with Crippen LogP contribution < -0.4 is 20.1 Å². The van der Waals surface area contributed by atoms with Crippen LogP contribution in [0.2, 0.25) is 0 Å². The van der Waals surface area contributed by atoms with Crippen LogP contribution in [0, 0.1) is 17.5 Å². The molecule has 2 aromatic rings. The second-order valence-corrected chi connectivity index (χ2v) is 6.53. The van der Waals surface area contributed by atoms with Crippen molar-refractivity contribution in [3.05, 3.63) is 53.3 Å². The molecule has 2 aromatic carbocycles. The zero-order valence-corrected chi connectivity index (χ0v) is 17.8. The number of methoxy groups -OCH3 is 2. The molecule has 0 atom stereocenters. The van der Waals surface area contributed by atoms with Gasteiger partial charge in [0.15, 0.2) is 34.9 Å². The van der Waals surface area contributed by atoms with Crippen LogP contribution in [0.1, 0.15) is 5.56 Å². The van der Waals surface area contributed by atoms with Gasteiger partial charge in [0, 0.05) is 20.6 Å². The molecule has 0 fully saturated rings. The van der Waals surface area contributed by atoms with Crippen molar-refractivity contribution < 1.29 is 27.4 Å². The summed E-state index contributed by atoms with van der Waals surface area (Å²) in [6.07, 6.45) is 0.670. The van der Waals surface area contributed by atoms with Gasteiger partial charge in [0.05, 0.1) is 26.5 Å². The Morgan fingerprint density at radius 1 is 1.06 bits per heavy atom. The van der Waals surface area contributed by atoms with Gasteiger partial charge in [-0.3, -0.25) is 9.79 Å². The van der Waals surface area contributed by atoms with Crippen LogP contribution in [0.15, 0.2) is 35.3 Å². The lowest BCUT2D eigenvalue weighted by Gasteiger charge is -2.22. The fourth-order valence-electron chi connectivity index (χ4n) is 2.80. The first kappa shape index (κ1) is 23.8. The summed E-state index contributed by atoms with van der Waals surface area (Å²) in [5, 5.41) is 5.04. The highest BCUT2D eigenvalue weighted by atomic mass is 19.2. The molecule has 0 saturated heterocycles. The number of anilines is 1. The zero-order valence-electron chi connectivity index (χ0n) is 17.8. The predicted molar refractivity (Wildman–Crippen MR) is 112 cm³/mol. The third kappa shape index (κ3) is 6.27. The molecule has 0 aliphatic rings. The number of likely N-dealkylation sites (N-methyl/N-ethyl adjacent to an activating group) is 1. The van der Waals surface area contributed by atoms with E-state index in [1.165, 1.54) is 0 Å². The minimum absolute atomic E-state index is 0.244. The Hall–Kier alpha value is -3.43. The summed E-state index contributed by atoms with van der Waals surface area (Å²) in [4.78, 5) is 18.0. The third-order valence-corrected chi connectivity index (χ3v) is 4.47. The second-order valence-electron chi connectivity index (χ2n) is 6.53. The first-order valence-electron chi connectivity index (χ1n) is 9.36. The van der Waals surface area contributed by atoms with Gasteiger partial charge in [-0.05, 0) is 36.2 Å². The quantitative estimate of drug-likeness (QED) is 0.377. The van der Waals surface area contributed by atoms with Gasteiger partial charge < -0.3 is 25.0 Å². The van der Waals surface area contributed by atoms with Crippen molar-refractivity contribution in [2.24, 2.45) is 4.99 Å². The number of benzene rings is 2. The standard InChI is InChI=1S/C21H25F3N4O3/c1-25-21(26-12-18(29)27-15-7-6-14(22)19(23)20(15)24)28(2)10-9-13-5-8-16(30-3)17(11-13)31-4/h5-8,11H,9-10,12H2,1-4H3,(H,25,26)(H,27,29). The van der Waals surface area contributed by atoms with Gasteiger partial charge in [0.25, 0.3) is 0 Å². The van der Waals surface area contributed by atoms with Crippen molar-refractivity contribution in [3.8, 4) is 11.5 Å². The summed E-state index contributed by atoms with van der Waals surface area (Å²) >= 11 is 0. The summed E-state index contributed by atoms with van der Waals surface area (Å²) in [7, 11) is 6.49. The molecule has 0 heterocycles. The van der Waals surface area contributed by atoms with E-state index >= 15 is 0 Å². The Labute approximate surface area is 178 Å². The zero-order chi connectivity index (χ0) is 23.0. The molecule has 0 saturated carbocycles. The van der Waals surface area contributed by atoms with Crippen LogP contribution in [-0.2, 0) is 11.2 Å². The Bertz CT molecular complexity index is 954. The molecule has 0 spiro atoms. The van der Waals surface area contributed by atoms with Crippen molar-refractivity contribution in [1.29, 1.82) is 0 Å². The Kier molecular flexibility index (Phi) is 8.53. The number of guanidine groups is 1. The van der Waals surface area contributed by atoms with Crippen LogP contribution in [0.25, 0.3) is 0 Å². The van der Waals surface area contributed by atoms with Crippen molar-refractivity contribution >= 4 is 17.6 Å². The van der Waals surface area contributed by atoms with Gasteiger partial charge in [0.1, 0.15) is 0 Å². The molecule has 2 N–H and O–H groups in total. The topological polar surface area (TPSA) is 75.2 Å². The van der Waals surface area contributed by atoms with E-state index in [1.807, 2.05) is 23.1 Å². The van der Waals surface area contributed by atoms with Gasteiger partial charge in [-0.15, -0.1) is 0 Å². The van der Waals surface area contributed by atoms with Crippen molar-refractivity contribution in [2.45, 2.75) is 6.42 Å². The lowest BCUT2D eigenvalue weighted by atomic mass is 10.1. The number of amides is 1. The highest BCUT2D eigenvalue weighted by Gasteiger charge is 2.16. The molecule has 1 amide bonds. The molecule has 0 unspecified atom stereocenters. The lowest BCUT2D eigenvalue weighted by Crippen LogP contribution is -2.43. The molecule has 0 aromatic heterocycles. The fourth-order valence-corrected chi connectivity index (χ4v) is 2.80. The maximum absolute atomic E-state index is 13.7. The van der Waals surface area contributed by atoms with Gasteiger partial charge in [-0.1, -0.05) is 6.07 Å². The maximum atomic E-state index is 13.7. The second kappa shape index (κ2) is 11.1. The lowest BCUT2D eigenvalue weighted by molar-refractivity contribution is -0.115. The average Bonchev–Trinajstić information content (AvgIpc) is 2.78. The molecule has 0 aliphatic carbocycles. The number of hydrogen-bond acceptors (Lipinski definition) is 4. The van der Waals surface area contributed by atoms with E-state index < -0.39 is 29.0 Å². The normalized spacial score (nSPS) is 11.1. The molecular weight excluding hydrogens is 413 g/mol. The summed E-state index contributed by atoms with van der Waals surface area (Å²) in [5.74, 6) is -3.36. The minimum Gasteiger partial charge on any atom is -0.493 e. The molecule has 0 radical (unpaired) electrons. The number of rotatable bonds is 8. The summed E-state index contributed by atoms with van der Waals surface area (Å²) in [6, 6.07) is 7.32. The van der Waals surface area contributed by atoms with E-state index in [9.17, 15) is 18.0 Å². The number of nitrogens with one attached hydrogen (secondary N) is 2. The Morgan fingerprint density at radius 3 is 2.42 bits per heavy atom. The number of hydrogen-bond donors (Lipinski definition) is 2.